The molecule has 1 atom stereocenters. The summed E-state index contributed by atoms with van der Waals surface area (Å²) in [6, 6.07) is 0. The largest absolute Gasteiger partial charge is 0.345 e. The third kappa shape index (κ3) is 2.97. The van der Waals surface area contributed by atoms with Crippen LogP contribution in [0.1, 0.15) is 23.6 Å². The van der Waals surface area contributed by atoms with Gasteiger partial charge in [0.1, 0.15) is 5.82 Å². The molecule has 106 valence electrons. The molecule has 1 aromatic heterocycles. The van der Waals surface area contributed by atoms with Crippen molar-refractivity contribution in [2.24, 2.45) is 13.0 Å². The Bertz CT molecular complexity index is 480. The average Bonchev–Trinajstić information content (AvgIpc) is 2.75. The third-order valence-electron chi connectivity index (χ3n) is 4.11. The molecule has 1 saturated heterocycles. The lowest BCUT2D eigenvalue weighted by molar-refractivity contribution is -0.126. The Hall–Kier alpha value is -1.36. The molecule has 1 unspecified atom stereocenters. The number of amides is 1. The second-order valence-corrected chi connectivity index (χ2v) is 5.80. The topological polar surface area (TPSA) is 41.4 Å². The van der Waals surface area contributed by atoms with E-state index in [0.29, 0.717) is 12.3 Å². The molecule has 0 radical (unpaired) electrons. The third-order valence-corrected chi connectivity index (χ3v) is 4.11. The maximum Gasteiger partial charge on any atom is 0.222 e. The molecule has 0 aromatic carbocycles. The van der Waals surface area contributed by atoms with Crippen LogP contribution < -0.4 is 0 Å². The summed E-state index contributed by atoms with van der Waals surface area (Å²) in [6.45, 7) is 6.79. The normalized spacial score (nSPS) is 19.8. The molecule has 1 aromatic rings. The first kappa shape index (κ1) is 14.1. The van der Waals surface area contributed by atoms with E-state index >= 15 is 0 Å². The van der Waals surface area contributed by atoms with Gasteiger partial charge in [0.15, 0.2) is 0 Å². The van der Waals surface area contributed by atoms with Crippen LogP contribution in [-0.2, 0) is 18.4 Å². The van der Waals surface area contributed by atoms with Crippen LogP contribution in [0.15, 0.2) is 0 Å². The van der Waals surface area contributed by atoms with Gasteiger partial charge in [-0.05, 0) is 26.8 Å². The van der Waals surface area contributed by atoms with Crippen molar-refractivity contribution in [3.63, 3.8) is 0 Å². The summed E-state index contributed by atoms with van der Waals surface area (Å²) in [7, 11) is 6.04. The molecule has 0 bridgehead atoms. The van der Waals surface area contributed by atoms with Crippen molar-refractivity contribution >= 4 is 5.91 Å². The van der Waals surface area contributed by atoms with E-state index in [4.69, 9.17) is 0 Å². The van der Waals surface area contributed by atoms with Crippen LogP contribution in [0.2, 0.25) is 0 Å². The van der Waals surface area contributed by atoms with Crippen LogP contribution in [0.25, 0.3) is 0 Å². The molecule has 5 nitrogen and oxygen atoms in total. The van der Waals surface area contributed by atoms with Gasteiger partial charge >= 0.3 is 0 Å². The Morgan fingerprint density at radius 1 is 1.37 bits per heavy atom. The minimum absolute atomic E-state index is 0.266. The smallest absolute Gasteiger partial charge is 0.222 e. The number of aromatic nitrogens is 2. The van der Waals surface area contributed by atoms with Gasteiger partial charge in [-0.1, -0.05) is 0 Å². The maximum absolute atomic E-state index is 11.5. The maximum atomic E-state index is 11.5. The molecular formula is C14H24N4O. The predicted molar refractivity (Wildman–Crippen MR) is 74.8 cm³/mol. The molecule has 1 aliphatic rings. The van der Waals surface area contributed by atoms with E-state index in [0.717, 1.165) is 31.2 Å². The first-order chi connectivity index (χ1) is 8.88. The van der Waals surface area contributed by atoms with Gasteiger partial charge in [-0.2, -0.15) is 0 Å². The highest BCUT2D eigenvalue weighted by molar-refractivity contribution is 5.78. The first-order valence-electron chi connectivity index (χ1n) is 6.79. The van der Waals surface area contributed by atoms with E-state index in [-0.39, 0.29) is 5.91 Å². The van der Waals surface area contributed by atoms with Crippen LogP contribution in [0, 0.1) is 19.8 Å². The SMILES string of the molecule is Cc1nc(CN(C)CC2CC(=O)N(C)C2)n(C)c1C. The number of hydrogen-bond donors (Lipinski definition) is 0. The van der Waals surface area contributed by atoms with E-state index in [1.54, 1.807) is 0 Å². The number of imidazole rings is 1. The Balaban J connectivity index is 1.93. The Morgan fingerprint density at radius 3 is 2.53 bits per heavy atom. The Morgan fingerprint density at radius 2 is 2.05 bits per heavy atom. The van der Waals surface area contributed by atoms with Crippen molar-refractivity contribution in [1.82, 2.24) is 19.4 Å². The average molecular weight is 264 g/mol. The quantitative estimate of drug-likeness (QED) is 0.813. The molecule has 0 aliphatic carbocycles. The second kappa shape index (κ2) is 5.33. The summed E-state index contributed by atoms with van der Waals surface area (Å²) in [5.74, 6) is 1.81. The van der Waals surface area contributed by atoms with Crippen LogP contribution in [-0.4, -0.2) is 52.4 Å². The van der Waals surface area contributed by atoms with E-state index in [1.165, 1.54) is 5.69 Å². The highest BCUT2D eigenvalue weighted by Crippen LogP contribution is 2.18. The fourth-order valence-corrected chi connectivity index (χ4v) is 2.75. The van der Waals surface area contributed by atoms with Crippen molar-refractivity contribution in [3.05, 3.63) is 17.2 Å². The summed E-state index contributed by atoms with van der Waals surface area (Å²) in [5, 5.41) is 0. The summed E-state index contributed by atoms with van der Waals surface area (Å²) in [6.07, 6.45) is 0.680. The van der Waals surface area contributed by atoms with Gasteiger partial charge in [0.05, 0.1) is 12.2 Å². The molecule has 1 fully saturated rings. The number of likely N-dealkylation sites (tertiary alicyclic amines) is 1. The minimum atomic E-state index is 0.266. The fourth-order valence-electron chi connectivity index (χ4n) is 2.75. The molecule has 0 N–H and O–H groups in total. The summed E-state index contributed by atoms with van der Waals surface area (Å²) in [5.41, 5.74) is 2.32. The van der Waals surface area contributed by atoms with Gasteiger partial charge in [-0.15, -0.1) is 0 Å². The van der Waals surface area contributed by atoms with E-state index < -0.39 is 0 Å². The van der Waals surface area contributed by atoms with Gasteiger partial charge < -0.3 is 9.47 Å². The van der Waals surface area contributed by atoms with Crippen molar-refractivity contribution in [2.45, 2.75) is 26.8 Å². The first-order valence-corrected chi connectivity index (χ1v) is 6.79. The van der Waals surface area contributed by atoms with E-state index in [2.05, 4.69) is 35.5 Å². The lowest BCUT2D eigenvalue weighted by Crippen LogP contribution is -2.28. The van der Waals surface area contributed by atoms with Crippen molar-refractivity contribution in [1.29, 1.82) is 0 Å². The standard InChI is InChI=1S/C14H24N4O/c1-10-11(2)18(5)13(15-10)9-16(3)7-12-6-14(19)17(4)8-12/h12H,6-9H2,1-5H3. The van der Waals surface area contributed by atoms with Gasteiger partial charge in [-0.3, -0.25) is 9.69 Å². The molecule has 1 amide bonds. The van der Waals surface area contributed by atoms with E-state index in [9.17, 15) is 4.79 Å². The van der Waals surface area contributed by atoms with Gasteiger partial charge in [0.2, 0.25) is 5.91 Å². The molecule has 19 heavy (non-hydrogen) atoms. The zero-order chi connectivity index (χ0) is 14.2. The van der Waals surface area contributed by atoms with Crippen LogP contribution >= 0.6 is 0 Å². The van der Waals surface area contributed by atoms with Crippen molar-refractivity contribution < 1.29 is 4.79 Å². The Labute approximate surface area is 115 Å². The number of carbonyl (C=O) groups excluding carboxylic acids is 1. The molecule has 2 heterocycles. The monoisotopic (exact) mass is 264 g/mol. The molecule has 0 spiro atoms. The number of aryl methyl sites for hydroxylation is 1. The number of rotatable bonds is 4. The molecular weight excluding hydrogens is 240 g/mol. The highest BCUT2D eigenvalue weighted by Gasteiger charge is 2.27. The number of hydrogen-bond acceptors (Lipinski definition) is 3. The number of carbonyl (C=O) groups is 1. The molecule has 1 aliphatic heterocycles. The van der Waals surface area contributed by atoms with Crippen LogP contribution in [0.5, 0.6) is 0 Å². The molecule has 5 heteroatoms. The van der Waals surface area contributed by atoms with Crippen molar-refractivity contribution in [2.75, 3.05) is 27.2 Å². The van der Waals surface area contributed by atoms with Gasteiger partial charge in [0, 0.05) is 39.3 Å². The fraction of sp³-hybridized carbons (Fsp3) is 0.714. The lowest BCUT2D eigenvalue weighted by atomic mass is 10.1. The summed E-state index contributed by atoms with van der Waals surface area (Å²) >= 11 is 0. The van der Waals surface area contributed by atoms with Crippen molar-refractivity contribution in [3.8, 4) is 0 Å². The zero-order valence-electron chi connectivity index (χ0n) is 12.6. The van der Waals surface area contributed by atoms with Gasteiger partial charge in [-0.25, -0.2) is 4.98 Å². The molecule has 2 rings (SSSR count). The van der Waals surface area contributed by atoms with Gasteiger partial charge in [0.25, 0.3) is 0 Å². The highest BCUT2D eigenvalue weighted by atomic mass is 16.2. The van der Waals surface area contributed by atoms with Crippen LogP contribution in [0.4, 0.5) is 0 Å². The summed E-state index contributed by atoms with van der Waals surface area (Å²) in [4.78, 5) is 20.2. The number of nitrogens with zero attached hydrogens (tertiary/aromatic N) is 4. The predicted octanol–water partition coefficient (Wildman–Crippen LogP) is 0.947. The molecule has 0 saturated carbocycles. The summed E-state index contributed by atoms with van der Waals surface area (Å²) < 4.78 is 2.15. The second-order valence-electron chi connectivity index (χ2n) is 5.80. The zero-order valence-corrected chi connectivity index (χ0v) is 12.6. The van der Waals surface area contributed by atoms with Crippen LogP contribution in [0.3, 0.4) is 0 Å². The lowest BCUT2D eigenvalue weighted by Gasteiger charge is -2.20. The minimum Gasteiger partial charge on any atom is -0.345 e. The Kier molecular flexibility index (Phi) is 3.94. The van der Waals surface area contributed by atoms with E-state index in [1.807, 2.05) is 18.9 Å².